The topological polar surface area (TPSA) is 26.0 Å². The van der Waals surface area contributed by atoms with Crippen LogP contribution in [-0.2, 0) is 0 Å². The Morgan fingerprint density at radius 1 is 1.07 bits per heavy atom. The summed E-state index contributed by atoms with van der Waals surface area (Å²) in [5, 5.41) is 0. The zero-order valence-corrected chi connectivity index (χ0v) is 11.5. The van der Waals surface area contributed by atoms with Gasteiger partial charge < -0.3 is 5.73 Å². The van der Waals surface area contributed by atoms with E-state index >= 15 is 0 Å². The Morgan fingerprint density at radius 2 is 1.47 bits per heavy atom. The Morgan fingerprint density at radius 3 is 1.80 bits per heavy atom. The highest BCUT2D eigenvalue weighted by atomic mass is 14.7. The summed E-state index contributed by atoms with van der Waals surface area (Å²) in [6, 6.07) is 0. The van der Waals surface area contributed by atoms with E-state index in [1.165, 1.54) is 19.3 Å². The maximum Gasteiger partial charge on any atom is 0.00971 e. The molecule has 0 saturated heterocycles. The summed E-state index contributed by atoms with van der Waals surface area (Å²) >= 11 is 0. The van der Waals surface area contributed by atoms with Crippen molar-refractivity contribution in [2.24, 2.45) is 22.5 Å². The molecule has 1 nitrogen and oxygen atoms in total. The fourth-order valence-electron chi connectivity index (χ4n) is 3.35. The molecule has 0 aliphatic heterocycles. The molecule has 0 atom stereocenters. The zero-order chi connectivity index (χ0) is 11.9. The van der Waals surface area contributed by atoms with E-state index in [1.807, 2.05) is 0 Å². The quantitative estimate of drug-likeness (QED) is 0.751. The minimum absolute atomic E-state index is 0.00521. The summed E-state index contributed by atoms with van der Waals surface area (Å²) in [5.74, 6) is 0.827. The monoisotopic (exact) mass is 211 g/mol. The summed E-state index contributed by atoms with van der Waals surface area (Å²) in [6.45, 7) is 14.0. The normalized spacial score (nSPS) is 25.8. The molecule has 1 saturated carbocycles. The number of hydrogen-bond acceptors (Lipinski definition) is 1. The third-order valence-electron chi connectivity index (χ3n) is 4.38. The molecule has 1 aliphatic carbocycles. The second-order valence-electron chi connectivity index (χ2n) is 7.56. The van der Waals surface area contributed by atoms with E-state index in [-0.39, 0.29) is 5.54 Å². The third-order valence-corrected chi connectivity index (χ3v) is 4.38. The molecule has 1 aliphatic rings. The molecule has 0 aromatic rings. The molecule has 90 valence electrons. The predicted octanol–water partition coefficient (Wildman–Crippen LogP) is 3.97. The Kier molecular flexibility index (Phi) is 3.27. The van der Waals surface area contributed by atoms with Gasteiger partial charge in [-0.25, -0.2) is 0 Å². The maximum atomic E-state index is 6.09. The van der Waals surface area contributed by atoms with Crippen molar-refractivity contribution in [3.8, 4) is 0 Å². The number of hydrogen-bond donors (Lipinski definition) is 1. The molecule has 0 aromatic carbocycles. The highest BCUT2D eigenvalue weighted by Gasteiger charge is 2.46. The van der Waals surface area contributed by atoms with Crippen molar-refractivity contribution >= 4 is 0 Å². The van der Waals surface area contributed by atoms with Gasteiger partial charge >= 0.3 is 0 Å². The molecule has 0 bridgehead atoms. The second kappa shape index (κ2) is 3.76. The van der Waals surface area contributed by atoms with Crippen molar-refractivity contribution in [2.75, 3.05) is 0 Å². The summed E-state index contributed by atoms with van der Waals surface area (Å²) in [4.78, 5) is 0. The first-order chi connectivity index (χ1) is 6.55. The largest absolute Gasteiger partial charge is 0.326 e. The molecular formula is C14H29N. The lowest BCUT2D eigenvalue weighted by Crippen LogP contribution is -2.35. The van der Waals surface area contributed by atoms with Crippen molar-refractivity contribution in [2.45, 2.75) is 72.8 Å². The van der Waals surface area contributed by atoms with Gasteiger partial charge in [0.2, 0.25) is 0 Å². The van der Waals surface area contributed by atoms with Crippen molar-refractivity contribution in [1.82, 2.24) is 0 Å². The van der Waals surface area contributed by atoms with Crippen LogP contribution < -0.4 is 5.73 Å². The van der Waals surface area contributed by atoms with Crippen LogP contribution in [0.1, 0.15) is 67.2 Å². The van der Waals surface area contributed by atoms with Crippen LogP contribution in [0.2, 0.25) is 0 Å². The first-order valence-corrected chi connectivity index (χ1v) is 6.33. The molecule has 15 heavy (non-hydrogen) atoms. The summed E-state index contributed by atoms with van der Waals surface area (Å²) in [7, 11) is 0. The summed E-state index contributed by atoms with van der Waals surface area (Å²) in [5.41, 5.74) is 7.10. The predicted molar refractivity (Wildman–Crippen MR) is 67.8 cm³/mol. The lowest BCUT2D eigenvalue weighted by Gasteiger charge is -2.37. The Balaban J connectivity index is 2.65. The highest BCUT2D eigenvalue weighted by Crippen LogP contribution is 2.55. The van der Waals surface area contributed by atoms with Gasteiger partial charge in [0, 0.05) is 5.54 Å². The zero-order valence-electron chi connectivity index (χ0n) is 11.5. The minimum Gasteiger partial charge on any atom is -0.326 e. The molecule has 1 heteroatoms. The Labute approximate surface area is 95.8 Å². The molecule has 0 radical (unpaired) electrons. The molecular weight excluding hydrogens is 182 g/mol. The fourth-order valence-corrected chi connectivity index (χ4v) is 3.35. The Hall–Kier alpha value is -0.0400. The van der Waals surface area contributed by atoms with Gasteiger partial charge in [0.05, 0.1) is 0 Å². The van der Waals surface area contributed by atoms with E-state index in [1.54, 1.807) is 0 Å². The van der Waals surface area contributed by atoms with Crippen LogP contribution in [0.3, 0.4) is 0 Å². The molecule has 0 aromatic heterocycles. The Bertz CT molecular complexity index is 204. The lowest BCUT2D eigenvalue weighted by molar-refractivity contribution is 0.135. The number of nitrogens with two attached hydrogens (primary N) is 1. The average Bonchev–Trinajstić information content (AvgIpc) is 2.17. The first kappa shape index (κ1) is 13.0. The van der Waals surface area contributed by atoms with Gasteiger partial charge in [-0.3, -0.25) is 0 Å². The minimum atomic E-state index is -0.00521. The van der Waals surface area contributed by atoms with Crippen LogP contribution in [0.4, 0.5) is 0 Å². The van der Waals surface area contributed by atoms with E-state index in [0.29, 0.717) is 10.8 Å². The van der Waals surface area contributed by atoms with E-state index in [0.717, 1.165) is 12.3 Å². The van der Waals surface area contributed by atoms with Gasteiger partial charge in [0.25, 0.3) is 0 Å². The van der Waals surface area contributed by atoms with Gasteiger partial charge in [-0.2, -0.15) is 0 Å². The molecule has 0 amide bonds. The number of rotatable bonds is 3. The van der Waals surface area contributed by atoms with Crippen molar-refractivity contribution in [3.05, 3.63) is 0 Å². The average molecular weight is 211 g/mol. The molecule has 1 fully saturated rings. The van der Waals surface area contributed by atoms with E-state index < -0.39 is 0 Å². The molecule has 1 rings (SSSR count). The van der Waals surface area contributed by atoms with Crippen LogP contribution in [0, 0.1) is 16.7 Å². The van der Waals surface area contributed by atoms with Gasteiger partial charge in [0.15, 0.2) is 0 Å². The molecule has 0 unspecified atom stereocenters. The van der Waals surface area contributed by atoms with Crippen LogP contribution in [0.25, 0.3) is 0 Å². The van der Waals surface area contributed by atoms with Crippen LogP contribution in [-0.4, -0.2) is 5.54 Å². The third kappa shape index (κ3) is 3.21. The van der Waals surface area contributed by atoms with E-state index in [9.17, 15) is 0 Å². The van der Waals surface area contributed by atoms with Crippen LogP contribution in [0.5, 0.6) is 0 Å². The second-order valence-corrected chi connectivity index (χ2v) is 7.56. The highest BCUT2D eigenvalue weighted by molar-refractivity contribution is 4.96. The molecule has 0 heterocycles. The van der Waals surface area contributed by atoms with E-state index in [2.05, 4.69) is 41.5 Å². The van der Waals surface area contributed by atoms with Gasteiger partial charge in [-0.05, 0) is 56.3 Å². The van der Waals surface area contributed by atoms with Gasteiger partial charge in [-0.1, -0.05) is 27.7 Å². The summed E-state index contributed by atoms with van der Waals surface area (Å²) < 4.78 is 0. The van der Waals surface area contributed by atoms with Crippen molar-refractivity contribution < 1.29 is 0 Å². The van der Waals surface area contributed by atoms with Gasteiger partial charge in [0.1, 0.15) is 0 Å². The first-order valence-electron chi connectivity index (χ1n) is 6.33. The molecule has 2 N–H and O–H groups in total. The smallest absolute Gasteiger partial charge is 0.00971 e. The fraction of sp³-hybridized carbons (Fsp3) is 1.00. The standard InChI is InChI=1S/C14H29N/c1-12(2)9-10-13(3,4)11(12)7-8-14(5,6)15/h11H,7-10,15H2,1-6H3. The van der Waals surface area contributed by atoms with Crippen molar-refractivity contribution in [1.29, 1.82) is 0 Å². The van der Waals surface area contributed by atoms with Gasteiger partial charge in [-0.15, -0.1) is 0 Å². The van der Waals surface area contributed by atoms with Crippen molar-refractivity contribution in [3.63, 3.8) is 0 Å². The van der Waals surface area contributed by atoms with Crippen LogP contribution >= 0.6 is 0 Å². The lowest BCUT2D eigenvalue weighted by atomic mass is 9.69. The van der Waals surface area contributed by atoms with Crippen LogP contribution in [0.15, 0.2) is 0 Å². The summed E-state index contributed by atoms with van der Waals surface area (Å²) in [6.07, 6.45) is 5.17. The maximum absolute atomic E-state index is 6.09. The molecule has 0 spiro atoms. The van der Waals surface area contributed by atoms with E-state index in [4.69, 9.17) is 5.73 Å². The SMILES string of the molecule is CC(C)(N)CCC1C(C)(C)CCC1(C)C.